The molecule has 0 saturated carbocycles. The van der Waals surface area contributed by atoms with Crippen LogP contribution in [0.3, 0.4) is 0 Å². The normalized spacial score (nSPS) is 10.5. The molecule has 0 aliphatic heterocycles. The van der Waals surface area contributed by atoms with Crippen molar-refractivity contribution in [1.29, 1.82) is 0 Å². The lowest BCUT2D eigenvalue weighted by atomic mass is 10.2. The number of aryl methyl sites for hydroxylation is 1. The van der Waals surface area contributed by atoms with Gasteiger partial charge in [0.25, 0.3) is 0 Å². The smallest absolute Gasteiger partial charge is 0.349 e. The third kappa shape index (κ3) is 6.19. The van der Waals surface area contributed by atoms with Gasteiger partial charge in [0.15, 0.2) is 6.61 Å². The molecule has 0 atom stereocenters. The summed E-state index contributed by atoms with van der Waals surface area (Å²) in [7, 11) is 0. The van der Waals surface area contributed by atoms with Gasteiger partial charge >= 0.3 is 11.9 Å². The topological polar surface area (TPSA) is 61.8 Å². The molecule has 0 bridgehead atoms. The van der Waals surface area contributed by atoms with Crippen molar-refractivity contribution >= 4 is 27.9 Å². The second kappa shape index (κ2) is 9.38. The van der Waals surface area contributed by atoms with E-state index in [9.17, 15) is 9.59 Å². The van der Waals surface area contributed by atoms with Gasteiger partial charge < -0.3 is 14.2 Å². The second-order valence-electron chi connectivity index (χ2n) is 6.22. The molecule has 0 aliphatic rings. The second-order valence-corrected chi connectivity index (χ2v) is 7.07. The number of carbonyl (C=O) groups excluding carboxylic acids is 2. The van der Waals surface area contributed by atoms with Crippen LogP contribution >= 0.6 is 15.9 Å². The van der Waals surface area contributed by atoms with Gasteiger partial charge in [-0.05, 0) is 64.7 Å². The Morgan fingerprint density at radius 2 is 1.88 bits per heavy atom. The lowest BCUT2D eigenvalue weighted by Gasteiger charge is -2.10. The van der Waals surface area contributed by atoms with E-state index in [1.807, 2.05) is 32.9 Å². The Morgan fingerprint density at radius 1 is 1.12 bits per heavy atom. The molecule has 0 spiro atoms. The van der Waals surface area contributed by atoms with Gasteiger partial charge in [-0.2, -0.15) is 0 Å². The highest BCUT2D eigenvalue weighted by Crippen LogP contribution is 2.25. The molecule has 138 valence electrons. The number of benzene rings is 2. The summed E-state index contributed by atoms with van der Waals surface area (Å²) >= 11 is 3.39. The van der Waals surface area contributed by atoms with Crippen LogP contribution < -0.4 is 9.47 Å². The minimum atomic E-state index is -0.565. The molecular formula is C20H21BrO5. The Labute approximate surface area is 161 Å². The van der Waals surface area contributed by atoms with E-state index in [-0.39, 0.29) is 18.3 Å². The van der Waals surface area contributed by atoms with Crippen LogP contribution in [0.1, 0.15) is 29.8 Å². The monoisotopic (exact) mass is 420 g/mol. The molecule has 0 radical (unpaired) electrons. The van der Waals surface area contributed by atoms with Crippen LogP contribution in [-0.4, -0.2) is 25.2 Å². The molecule has 2 aromatic rings. The Balaban J connectivity index is 1.92. The van der Waals surface area contributed by atoms with E-state index in [2.05, 4.69) is 15.9 Å². The molecule has 0 heterocycles. The lowest BCUT2D eigenvalue weighted by Crippen LogP contribution is -2.18. The van der Waals surface area contributed by atoms with Crippen molar-refractivity contribution in [2.45, 2.75) is 20.8 Å². The fourth-order valence-electron chi connectivity index (χ4n) is 2.03. The molecule has 0 fully saturated rings. The van der Waals surface area contributed by atoms with Crippen molar-refractivity contribution in [2.24, 2.45) is 5.92 Å². The first-order chi connectivity index (χ1) is 12.3. The van der Waals surface area contributed by atoms with Gasteiger partial charge in [0.2, 0.25) is 0 Å². The van der Waals surface area contributed by atoms with E-state index in [0.29, 0.717) is 17.9 Å². The summed E-state index contributed by atoms with van der Waals surface area (Å²) in [4.78, 5) is 24.0. The maximum Gasteiger partial charge on any atom is 0.349 e. The van der Waals surface area contributed by atoms with E-state index in [4.69, 9.17) is 14.2 Å². The van der Waals surface area contributed by atoms with Gasteiger partial charge in [0.1, 0.15) is 11.5 Å². The summed E-state index contributed by atoms with van der Waals surface area (Å²) in [6.45, 7) is 5.96. The number of rotatable bonds is 7. The molecule has 5 nitrogen and oxygen atoms in total. The molecule has 0 N–H and O–H groups in total. The Kier molecular flexibility index (Phi) is 7.21. The van der Waals surface area contributed by atoms with Crippen LogP contribution in [0.15, 0.2) is 46.9 Å². The molecule has 2 rings (SSSR count). The van der Waals surface area contributed by atoms with Gasteiger partial charge in [0, 0.05) is 0 Å². The number of hydrogen-bond donors (Lipinski definition) is 0. The molecule has 0 aliphatic carbocycles. The fraction of sp³-hybridized carbons (Fsp3) is 0.300. The van der Waals surface area contributed by atoms with Crippen LogP contribution in [0.25, 0.3) is 0 Å². The molecule has 26 heavy (non-hydrogen) atoms. The zero-order chi connectivity index (χ0) is 19.1. The minimum Gasteiger partial charge on any atom is -0.481 e. The third-order valence-corrected chi connectivity index (χ3v) is 3.90. The molecular weight excluding hydrogens is 400 g/mol. The van der Waals surface area contributed by atoms with Gasteiger partial charge in [-0.3, -0.25) is 0 Å². The summed E-state index contributed by atoms with van der Waals surface area (Å²) in [5.41, 5.74) is 1.41. The number of esters is 2. The summed E-state index contributed by atoms with van der Waals surface area (Å²) in [6.07, 6.45) is 0. The van der Waals surface area contributed by atoms with Gasteiger partial charge in [0.05, 0.1) is 16.6 Å². The number of hydrogen-bond acceptors (Lipinski definition) is 5. The molecule has 0 aromatic heterocycles. The molecule has 6 heteroatoms. The summed E-state index contributed by atoms with van der Waals surface area (Å²) < 4.78 is 16.6. The SMILES string of the molecule is Cc1ccc(OCC(=O)Oc2cccc(C(=O)OCC(C)C)c2)c(Br)c1. The predicted molar refractivity (Wildman–Crippen MR) is 102 cm³/mol. The first kappa shape index (κ1) is 20.0. The molecule has 0 unspecified atom stereocenters. The fourth-order valence-corrected chi connectivity index (χ4v) is 2.64. The summed E-state index contributed by atoms with van der Waals surface area (Å²) in [5.74, 6) is 0.0546. The number of carbonyl (C=O) groups is 2. The number of ether oxygens (including phenoxy) is 3. The zero-order valence-electron chi connectivity index (χ0n) is 15.0. The highest BCUT2D eigenvalue weighted by atomic mass is 79.9. The van der Waals surface area contributed by atoms with Gasteiger partial charge in [-0.1, -0.05) is 26.0 Å². The Morgan fingerprint density at radius 3 is 2.58 bits per heavy atom. The van der Waals surface area contributed by atoms with Crippen molar-refractivity contribution in [3.8, 4) is 11.5 Å². The van der Waals surface area contributed by atoms with Crippen LogP contribution in [0, 0.1) is 12.8 Å². The summed E-state index contributed by atoms with van der Waals surface area (Å²) in [6, 6.07) is 11.9. The standard InChI is InChI=1S/C20H21BrO5/c1-13(2)11-25-20(23)15-5-4-6-16(10-15)26-19(22)12-24-18-8-7-14(3)9-17(18)21/h4-10,13H,11-12H2,1-3H3. The highest BCUT2D eigenvalue weighted by molar-refractivity contribution is 9.10. The van der Waals surface area contributed by atoms with E-state index >= 15 is 0 Å². The van der Waals surface area contributed by atoms with Crippen molar-refractivity contribution in [1.82, 2.24) is 0 Å². The van der Waals surface area contributed by atoms with E-state index < -0.39 is 11.9 Å². The Bertz CT molecular complexity index is 786. The Hall–Kier alpha value is -2.34. The van der Waals surface area contributed by atoms with Crippen molar-refractivity contribution in [3.05, 3.63) is 58.1 Å². The van der Waals surface area contributed by atoms with Crippen molar-refractivity contribution < 1.29 is 23.8 Å². The predicted octanol–water partition coefficient (Wildman–Crippen LogP) is 4.55. The molecule has 2 aromatic carbocycles. The summed E-state index contributed by atoms with van der Waals surface area (Å²) in [5, 5.41) is 0. The first-order valence-corrected chi connectivity index (χ1v) is 9.01. The van der Waals surface area contributed by atoms with E-state index in [0.717, 1.165) is 10.0 Å². The van der Waals surface area contributed by atoms with Gasteiger partial charge in [-0.25, -0.2) is 9.59 Å². The van der Waals surface area contributed by atoms with Crippen LogP contribution in [0.2, 0.25) is 0 Å². The van der Waals surface area contributed by atoms with Crippen molar-refractivity contribution in [2.75, 3.05) is 13.2 Å². The largest absolute Gasteiger partial charge is 0.481 e. The minimum absolute atomic E-state index is 0.246. The maximum atomic E-state index is 12.0. The van der Waals surface area contributed by atoms with Crippen LogP contribution in [-0.2, 0) is 9.53 Å². The molecule has 0 saturated heterocycles. The van der Waals surface area contributed by atoms with E-state index in [1.165, 1.54) is 6.07 Å². The van der Waals surface area contributed by atoms with Crippen LogP contribution in [0.5, 0.6) is 11.5 Å². The number of halogens is 1. The highest BCUT2D eigenvalue weighted by Gasteiger charge is 2.12. The van der Waals surface area contributed by atoms with E-state index in [1.54, 1.807) is 24.3 Å². The lowest BCUT2D eigenvalue weighted by molar-refractivity contribution is -0.136. The molecule has 0 amide bonds. The van der Waals surface area contributed by atoms with Gasteiger partial charge in [-0.15, -0.1) is 0 Å². The van der Waals surface area contributed by atoms with Crippen LogP contribution in [0.4, 0.5) is 0 Å². The average Bonchev–Trinajstić information content (AvgIpc) is 2.59. The maximum absolute atomic E-state index is 12.0. The van der Waals surface area contributed by atoms with Crippen molar-refractivity contribution in [3.63, 3.8) is 0 Å². The third-order valence-electron chi connectivity index (χ3n) is 3.28. The first-order valence-electron chi connectivity index (χ1n) is 8.22. The quantitative estimate of drug-likeness (QED) is 0.485. The average molecular weight is 421 g/mol. The zero-order valence-corrected chi connectivity index (χ0v) is 16.5.